The number of aromatic nitrogens is 2. The fraction of sp³-hybridized carbons (Fsp3) is 0.357. The van der Waals surface area contributed by atoms with Gasteiger partial charge in [-0.2, -0.15) is 18.3 Å². The summed E-state index contributed by atoms with van der Waals surface area (Å²) in [6, 6.07) is 15.9. The molecule has 0 spiro atoms. The van der Waals surface area contributed by atoms with E-state index in [1.165, 1.54) is 12.1 Å². The van der Waals surface area contributed by atoms with E-state index < -0.39 is 11.7 Å². The van der Waals surface area contributed by atoms with Crippen LogP contribution in [-0.2, 0) is 11.0 Å². The first-order valence-electron chi connectivity index (χ1n) is 12.7. The summed E-state index contributed by atoms with van der Waals surface area (Å²) in [5.41, 5.74) is 1.38. The second-order valence-electron chi connectivity index (χ2n) is 9.77. The Balaban J connectivity index is 1.11. The van der Waals surface area contributed by atoms with Crippen molar-refractivity contribution >= 4 is 23.3 Å². The van der Waals surface area contributed by atoms with Crippen LogP contribution in [0.4, 0.5) is 24.7 Å². The summed E-state index contributed by atoms with van der Waals surface area (Å²) in [6.45, 7) is 2.43. The standard InChI is InChI=1S/C28H28F3N5O2/c29-28(30,31)23-7-3-21(4-8-23)27(38)35-15-11-20(12-16-35)19-5-9-24(10-6-19)33-26(37)22-13-17-36(18-22)25-2-1-14-32-34-25/h1-10,14,20,22H,11-13,15-18H2,(H,33,37). The number of hydrogen-bond donors (Lipinski definition) is 1. The highest BCUT2D eigenvalue weighted by Crippen LogP contribution is 2.31. The highest BCUT2D eigenvalue weighted by molar-refractivity contribution is 5.94. The fourth-order valence-electron chi connectivity index (χ4n) is 5.13. The molecule has 7 nitrogen and oxygen atoms in total. The SMILES string of the molecule is O=C(Nc1ccc(C2CCN(C(=O)c3ccc(C(F)(F)F)cc3)CC2)cc1)C1CCN(c2cccnn2)C1. The topological polar surface area (TPSA) is 78.4 Å². The minimum absolute atomic E-state index is 0.0146. The molecular formula is C28H28F3N5O2. The molecule has 3 aromatic rings. The largest absolute Gasteiger partial charge is 0.416 e. The highest BCUT2D eigenvalue weighted by Gasteiger charge is 2.31. The number of carbonyl (C=O) groups excluding carboxylic acids is 2. The number of carbonyl (C=O) groups is 2. The lowest BCUT2D eigenvalue weighted by molar-refractivity contribution is -0.137. The van der Waals surface area contributed by atoms with Gasteiger partial charge in [-0.1, -0.05) is 12.1 Å². The Morgan fingerprint density at radius 1 is 0.895 bits per heavy atom. The molecule has 1 atom stereocenters. The summed E-state index contributed by atoms with van der Waals surface area (Å²) in [7, 11) is 0. The zero-order valence-corrected chi connectivity index (χ0v) is 20.7. The zero-order valence-electron chi connectivity index (χ0n) is 20.7. The number of likely N-dealkylation sites (tertiary alicyclic amines) is 1. The average molecular weight is 524 g/mol. The van der Waals surface area contributed by atoms with Crippen molar-refractivity contribution in [1.82, 2.24) is 15.1 Å². The van der Waals surface area contributed by atoms with E-state index in [2.05, 4.69) is 20.4 Å². The Morgan fingerprint density at radius 3 is 2.24 bits per heavy atom. The molecule has 2 aromatic carbocycles. The van der Waals surface area contributed by atoms with Gasteiger partial charge in [0, 0.05) is 43.6 Å². The van der Waals surface area contributed by atoms with Crippen molar-refractivity contribution in [2.75, 3.05) is 36.4 Å². The maximum absolute atomic E-state index is 12.8. The molecule has 1 N–H and O–H groups in total. The number of halogens is 3. The van der Waals surface area contributed by atoms with E-state index in [4.69, 9.17) is 0 Å². The molecule has 2 aliphatic rings. The molecular weight excluding hydrogens is 495 g/mol. The molecule has 0 saturated carbocycles. The molecule has 5 rings (SSSR count). The molecule has 3 heterocycles. The van der Waals surface area contributed by atoms with Crippen LogP contribution in [0.25, 0.3) is 0 Å². The monoisotopic (exact) mass is 523 g/mol. The van der Waals surface area contributed by atoms with Crippen molar-refractivity contribution in [1.29, 1.82) is 0 Å². The van der Waals surface area contributed by atoms with Crippen LogP contribution >= 0.6 is 0 Å². The number of hydrogen-bond acceptors (Lipinski definition) is 5. The number of nitrogens with zero attached hydrogens (tertiary/aromatic N) is 4. The molecule has 198 valence electrons. The summed E-state index contributed by atoms with van der Waals surface area (Å²) in [5, 5.41) is 11.0. The molecule has 1 unspecified atom stereocenters. The van der Waals surface area contributed by atoms with E-state index in [1.807, 2.05) is 36.4 Å². The molecule has 10 heteroatoms. The number of alkyl halides is 3. The Hall–Kier alpha value is -3.95. The average Bonchev–Trinajstić information content (AvgIpc) is 3.44. The predicted octanol–water partition coefficient (Wildman–Crippen LogP) is 4.98. The molecule has 2 amide bonds. The lowest BCUT2D eigenvalue weighted by Crippen LogP contribution is -2.37. The first-order valence-corrected chi connectivity index (χ1v) is 12.7. The van der Waals surface area contributed by atoms with Gasteiger partial charge in [-0.15, -0.1) is 5.10 Å². The minimum Gasteiger partial charge on any atom is -0.354 e. The smallest absolute Gasteiger partial charge is 0.354 e. The van der Waals surface area contributed by atoms with Crippen LogP contribution in [-0.4, -0.2) is 53.1 Å². The van der Waals surface area contributed by atoms with Crippen molar-refractivity contribution in [2.24, 2.45) is 5.92 Å². The summed E-state index contributed by atoms with van der Waals surface area (Å²) in [5.74, 6) is 0.661. The Kier molecular flexibility index (Phi) is 7.31. The van der Waals surface area contributed by atoms with Crippen molar-refractivity contribution in [2.45, 2.75) is 31.4 Å². The van der Waals surface area contributed by atoms with E-state index in [0.717, 1.165) is 55.0 Å². The van der Waals surface area contributed by atoms with Crippen molar-refractivity contribution < 1.29 is 22.8 Å². The third-order valence-electron chi connectivity index (χ3n) is 7.33. The van der Waals surface area contributed by atoms with E-state index >= 15 is 0 Å². The molecule has 2 saturated heterocycles. The van der Waals surface area contributed by atoms with Gasteiger partial charge in [0.15, 0.2) is 5.82 Å². The number of piperidine rings is 1. The van der Waals surface area contributed by atoms with E-state index in [9.17, 15) is 22.8 Å². The fourth-order valence-corrected chi connectivity index (χ4v) is 5.13. The summed E-state index contributed by atoms with van der Waals surface area (Å²) in [6.07, 6.45) is -0.519. The van der Waals surface area contributed by atoms with Crippen LogP contribution in [0.3, 0.4) is 0 Å². The summed E-state index contributed by atoms with van der Waals surface area (Å²) >= 11 is 0. The maximum Gasteiger partial charge on any atom is 0.416 e. The number of anilines is 2. The number of nitrogens with one attached hydrogen (secondary N) is 1. The maximum atomic E-state index is 12.8. The van der Waals surface area contributed by atoms with Crippen LogP contribution in [0.15, 0.2) is 66.9 Å². The molecule has 0 bridgehead atoms. The minimum atomic E-state index is -4.42. The molecule has 1 aromatic heterocycles. The quantitative estimate of drug-likeness (QED) is 0.511. The van der Waals surface area contributed by atoms with Crippen LogP contribution in [0, 0.1) is 5.92 Å². The number of rotatable bonds is 5. The zero-order chi connectivity index (χ0) is 26.7. The lowest BCUT2D eigenvalue weighted by Gasteiger charge is -2.32. The van der Waals surface area contributed by atoms with Crippen LogP contribution in [0.1, 0.15) is 46.7 Å². The Bertz CT molecular complexity index is 1260. The molecule has 0 aliphatic carbocycles. The number of amides is 2. The third kappa shape index (κ3) is 5.79. The Labute approximate surface area is 218 Å². The predicted molar refractivity (Wildman–Crippen MR) is 137 cm³/mol. The summed E-state index contributed by atoms with van der Waals surface area (Å²) < 4.78 is 38.4. The van der Waals surface area contributed by atoms with E-state index in [-0.39, 0.29) is 29.2 Å². The second-order valence-corrected chi connectivity index (χ2v) is 9.77. The van der Waals surface area contributed by atoms with E-state index in [0.29, 0.717) is 19.6 Å². The molecule has 2 aliphatic heterocycles. The van der Waals surface area contributed by atoms with Gasteiger partial charge in [0.2, 0.25) is 5.91 Å². The van der Waals surface area contributed by atoms with Crippen molar-refractivity contribution in [3.8, 4) is 0 Å². The van der Waals surface area contributed by atoms with Gasteiger partial charge in [0.05, 0.1) is 11.5 Å². The van der Waals surface area contributed by atoms with Gasteiger partial charge in [-0.25, -0.2) is 0 Å². The van der Waals surface area contributed by atoms with Gasteiger partial charge in [-0.3, -0.25) is 9.59 Å². The highest BCUT2D eigenvalue weighted by atomic mass is 19.4. The van der Waals surface area contributed by atoms with Crippen LogP contribution in [0.2, 0.25) is 0 Å². The van der Waals surface area contributed by atoms with Gasteiger partial charge < -0.3 is 15.1 Å². The van der Waals surface area contributed by atoms with Crippen molar-refractivity contribution in [3.05, 3.63) is 83.6 Å². The normalized spacial score (nSPS) is 18.4. The van der Waals surface area contributed by atoms with Gasteiger partial charge in [0.1, 0.15) is 0 Å². The van der Waals surface area contributed by atoms with Gasteiger partial charge in [0.25, 0.3) is 5.91 Å². The molecule has 0 radical (unpaired) electrons. The third-order valence-corrected chi connectivity index (χ3v) is 7.33. The van der Waals surface area contributed by atoms with E-state index in [1.54, 1.807) is 11.1 Å². The summed E-state index contributed by atoms with van der Waals surface area (Å²) in [4.78, 5) is 29.3. The van der Waals surface area contributed by atoms with Crippen LogP contribution < -0.4 is 10.2 Å². The first kappa shape index (κ1) is 25.7. The Morgan fingerprint density at radius 2 is 1.61 bits per heavy atom. The van der Waals surface area contributed by atoms with Crippen LogP contribution in [0.5, 0.6) is 0 Å². The van der Waals surface area contributed by atoms with Gasteiger partial charge >= 0.3 is 6.18 Å². The van der Waals surface area contributed by atoms with Gasteiger partial charge in [-0.05, 0) is 79.3 Å². The lowest BCUT2D eigenvalue weighted by atomic mass is 9.89. The van der Waals surface area contributed by atoms with Crippen molar-refractivity contribution in [3.63, 3.8) is 0 Å². The first-order chi connectivity index (χ1) is 18.3. The number of benzene rings is 2. The molecule has 2 fully saturated rings. The second kappa shape index (κ2) is 10.8. The molecule has 38 heavy (non-hydrogen) atoms.